The van der Waals surface area contributed by atoms with Gasteiger partial charge in [-0.2, -0.15) is 0 Å². The highest BCUT2D eigenvalue weighted by molar-refractivity contribution is 5.08. The molecular weight excluding hydrogens is 256 g/mol. The van der Waals surface area contributed by atoms with E-state index < -0.39 is 0 Å². The summed E-state index contributed by atoms with van der Waals surface area (Å²) >= 11 is 0. The molecule has 2 unspecified atom stereocenters. The lowest BCUT2D eigenvalue weighted by Gasteiger charge is -2.40. The average Bonchev–Trinajstić information content (AvgIpc) is 2.57. The van der Waals surface area contributed by atoms with E-state index in [1.807, 2.05) is 12.3 Å². The first-order valence-electron chi connectivity index (χ1n) is 9.01. The van der Waals surface area contributed by atoms with Gasteiger partial charge in [0.05, 0.1) is 5.69 Å². The average molecular weight is 286 g/mol. The third-order valence-electron chi connectivity index (χ3n) is 5.67. The molecule has 2 aliphatic rings. The van der Waals surface area contributed by atoms with Crippen LogP contribution in [0.15, 0.2) is 24.4 Å². The molecule has 3 atom stereocenters. The second-order valence-electron chi connectivity index (χ2n) is 7.10. The van der Waals surface area contributed by atoms with Crippen molar-refractivity contribution in [1.29, 1.82) is 0 Å². The number of nitrogens with zero attached hydrogens (tertiary/aromatic N) is 1. The Morgan fingerprint density at radius 3 is 2.52 bits per heavy atom. The van der Waals surface area contributed by atoms with Crippen molar-refractivity contribution in [2.24, 2.45) is 11.8 Å². The van der Waals surface area contributed by atoms with E-state index in [-0.39, 0.29) is 0 Å². The van der Waals surface area contributed by atoms with Gasteiger partial charge in [-0.25, -0.2) is 0 Å². The number of hydrogen-bond donors (Lipinski definition) is 1. The number of rotatable bonds is 4. The van der Waals surface area contributed by atoms with Crippen LogP contribution in [-0.4, -0.2) is 11.0 Å². The molecule has 2 aliphatic carbocycles. The van der Waals surface area contributed by atoms with Gasteiger partial charge in [0.1, 0.15) is 0 Å². The summed E-state index contributed by atoms with van der Waals surface area (Å²) in [7, 11) is 0. The van der Waals surface area contributed by atoms with Crippen molar-refractivity contribution in [3.8, 4) is 0 Å². The van der Waals surface area contributed by atoms with Gasteiger partial charge < -0.3 is 5.32 Å². The third-order valence-corrected chi connectivity index (χ3v) is 5.67. The molecule has 0 aromatic carbocycles. The molecule has 0 aliphatic heterocycles. The van der Waals surface area contributed by atoms with Crippen LogP contribution in [0.4, 0.5) is 0 Å². The first-order chi connectivity index (χ1) is 10.3. The first-order valence-corrected chi connectivity index (χ1v) is 9.01. The molecule has 1 aromatic rings. The minimum absolute atomic E-state index is 0.375. The van der Waals surface area contributed by atoms with Gasteiger partial charge in [0.2, 0.25) is 0 Å². The normalized spacial score (nSPS) is 29.2. The molecule has 3 rings (SSSR count). The Kier molecular flexibility index (Phi) is 5.29. The maximum Gasteiger partial charge on any atom is 0.0570 e. The molecule has 2 saturated carbocycles. The smallest absolute Gasteiger partial charge is 0.0570 e. The highest BCUT2D eigenvalue weighted by Gasteiger charge is 2.33. The van der Waals surface area contributed by atoms with Crippen LogP contribution >= 0.6 is 0 Å². The fourth-order valence-corrected chi connectivity index (χ4v) is 4.53. The lowest BCUT2D eigenvalue weighted by molar-refractivity contribution is 0.143. The molecule has 0 radical (unpaired) electrons. The van der Waals surface area contributed by atoms with Gasteiger partial charge in [-0.15, -0.1) is 0 Å². The van der Waals surface area contributed by atoms with Crippen molar-refractivity contribution in [3.05, 3.63) is 30.1 Å². The second kappa shape index (κ2) is 7.40. The van der Waals surface area contributed by atoms with Crippen LogP contribution in [0, 0.1) is 11.8 Å². The zero-order chi connectivity index (χ0) is 14.5. The van der Waals surface area contributed by atoms with Gasteiger partial charge in [0.15, 0.2) is 0 Å². The highest BCUT2D eigenvalue weighted by Crippen LogP contribution is 2.39. The zero-order valence-electron chi connectivity index (χ0n) is 13.4. The van der Waals surface area contributed by atoms with Crippen molar-refractivity contribution in [2.75, 3.05) is 0 Å². The van der Waals surface area contributed by atoms with Crippen LogP contribution in [0.3, 0.4) is 0 Å². The third kappa shape index (κ3) is 3.85. The number of pyridine rings is 1. The largest absolute Gasteiger partial charge is 0.306 e. The first kappa shape index (κ1) is 15.0. The lowest BCUT2D eigenvalue weighted by Crippen LogP contribution is -2.43. The molecule has 2 nitrogen and oxygen atoms in total. The van der Waals surface area contributed by atoms with Gasteiger partial charge in [0.25, 0.3) is 0 Å². The predicted molar refractivity (Wildman–Crippen MR) is 88.1 cm³/mol. The summed E-state index contributed by atoms with van der Waals surface area (Å²) in [4.78, 5) is 4.52. The molecule has 1 aromatic heterocycles. The SMILES string of the molecule is C[C@@H](NC1CCCCC1C1CCCCC1)c1ccccn1. The Labute approximate surface area is 129 Å². The van der Waals surface area contributed by atoms with E-state index in [1.165, 1.54) is 63.5 Å². The van der Waals surface area contributed by atoms with Crippen LogP contribution in [0.2, 0.25) is 0 Å². The minimum Gasteiger partial charge on any atom is -0.306 e. The van der Waals surface area contributed by atoms with Crippen molar-refractivity contribution in [3.63, 3.8) is 0 Å². The lowest BCUT2D eigenvalue weighted by atomic mass is 9.71. The molecule has 1 heterocycles. The van der Waals surface area contributed by atoms with E-state index >= 15 is 0 Å². The summed E-state index contributed by atoms with van der Waals surface area (Å²) in [6, 6.07) is 7.33. The summed E-state index contributed by atoms with van der Waals surface area (Å²) in [5.41, 5.74) is 1.19. The van der Waals surface area contributed by atoms with Crippen LogP contribution < -0.4 is 5.32 Å². The van der Waals surface area contributed by atoms with Crippen LogP contribution in [0.25, 0.3) is 0 Å². The summed E-state index contributed by atoms with van der Waals surface area (Å²) in [5, 5.41) is 3.92. The molecule has 1 N–H and O–H groups in total. The topological polar surface area (TPSA) is 24.9 Å². The Hall–Kier alpha value is -0.890. The van der Waals surface area contributed by atoms with Crippen LogP contribution in [-0.2, 0) is 0 Å². The predicted octanol–water partition coefficient (Wildman–Crippen LogP) is 4.87. The zero-order valence-corrected chi connectivity index (χ0v) is 13.4. The number of hydrogen-bond acceptors (Lipinski definition) is 2. The van der Waals surface area contributed by atoms with Crippen molar-refractivity contribution >= 4 is 0 Å². The minimum atomic E-state index is 0.375. The molecule has 2 fully saturated rings. The molecular formula is C19H30N2. The molecule has 21 heavy (non-hydrogen) atoms. The Morgan fingerprint density at radius 2 is 1.76 bits per heavy atom. The van der Waals surface area contributed by atoms with Gasteiger partial charge in [0, 0.05) is 18.3 Å². The van der Waals surface area contributed by atoms with Gasteiger partial charge >= 0.3 is 0 Å². The molecule has 0 spiro atoms. The van der Waals surface area contributed by atoms with Crippen molar-refractivity contribution in [2.45, 2.75) is 76.8 Å². The summed E-state index contributed by atoms with van der Waals surface area (Å²) in [5.74, 6) is 1.89. The van der Waals surface area contributed by atoms with Crippen LogP contribution in [0.5, 0.6) is 0 Å². The van der Waals surface area contributed by atoms with Gasteiger partial charge in [-0.1, -0.05) is 51.0 Å². The van der Waals surface area contributed by atoms with E-state index in [4.69, 9.17) is 0 Å². The summed E-state index contributed by atoms with van der Waals surface area (Å²) in [6.45, 7) is 2.27. The quantitative estimate of drug-likeness (QED) is 0.854. The molecule has 0 amide bonds. The number of nitrogens with one attached hydrogen (secondary N) is 1. The van der Waals surface area contributed by atoms with Crippen LogP contribution in [0.1, 0.15) is 76.4 Å². The maximum atomic E-state index is 4.52. The van der Waals surface area contributed by atoms with Crippen molar-refractivity contribution < 1.29 is 0 Å². The maximum absolute atomic E-state index is 4.52. The summed E-state index contributed by atoms with van der Waals surface area (Å²) in [6.07, 6.45) is 14.9. The monoisotopic (exact) mass is 286 g/mol. The number of aromatic nitrogens is 1. The van der Waals surface area contributed by atoms with Gasteiger partial charge in [-0.3, -0.25) is 4.98 Å². The Morgan fingerprint density at radius 1 is 1.00 bits per heavy atom. The molecule has 0 bridgehead atoms. The Balaban J connectivity index is 1.63. The molecule has 2 heteroatoms. The Bertz CT molecular complexity index is 411. The molecule has 116 valence electrons. The standard InChI is InChI=1S/C19H30N2/c1-15(18-12-7-8-14-20-18)21-19-13-6-5-11-17(19)16-9-3-2-4-10-16/h7-8,12,14-17,19,21H,2-6,9-11,13H2,1H3/t15-,17?,19?/m1/s1. The van der Waals surface area contributed by atoms with E-state index in [1.54, 1.807) is 0 Å². The van der Waals surface area contributed by atoms with E-state index in [2.05, 4.69) is 29.4 Å². The van der Waals surface area contributed by atoms with Crippen molar-refractivity contribution in [1.82, 2.24) is 10.3 Å². The molecule has 0 saturated heterocycles. The highest BCUT2D eigenvalue weighted by atomic mass is 15.0. The van der Waals surface area contributed by atoms with E-state index in [9.17, 15) is 0 Å². The second-order valence-corrected chi connectivity index (χ2v) is 7.10. The van der Waals surface area contributed by atoms with E-state index in [0.29, 0.717) is 12.1 Å². The summed E-state index contributed by atoms with van der Waals surface area (Å²) < 4.78 is 0. The fraction of sp³-hybridized carbons (Fsp3) is 0.737. The van der Waals surface area contributed by atoms with Gasteiger partial charge in [-0.05, 0) is 43.7 Å². The fourth-order valence-electron chi connectivity index (χ4n) is 4.53. The van der Waals surface area contributed by atoms with E-state index in [0.717, 1.165) is 11.8 Å².